The Balaban J connectivity index is 2.83. The van der Waals surface area contributed by atoms with Crippen LogP contribution in [0.2, 0.25) is 0 Å². The maximum Gasteiger partial charge on any atom is 0.336 e. The Labute approximate surface area is 115 Å². The molecule has 0 bridgehead atoms. The van der Waals surface area contributed by atoms with Gasteiger partial charge >= 0.3 is 11.9 Å². The molecule has 0 aromatic heterocycles. The summed E-state index contributed by atoms with van der Waals surface area (Å²) in [6.07, 6.45) is 0. The van der Waals surface area contributed by atoms with Crippen molar-refractivity contribution in [3.63, 3.8) is 0 Å². The average molecular weight is 271 g/mol. The van der Waals surface area contributed by atoms with Crippen molar-refractivity contribution in [2.75, 3.05) is 0 Å². The van der Waals surface area contributed by atoms with Crippen LogP contribution < -0.4 is 5.73 Å². The standard InChI is InChI=1S/C15H13NO4/c16-8-12-10(14(17)18)6-7-11(15(19)20)13(12)9-4-2-1-3-5-9/h1-7H,8,16H2,(H,17,18)(H,19,20). The Morgan fingerprint density at radius 1 is 0.900 bits per heavy atom. The number of aromatic carboxylic acids is 2. The van der Waals surface area contributed by atoms with E-state index in [0.717, 1.165) is 0 Å². The minimum Gasteiger partial charge on any atom is -0.478 e. The number of carboxylic acids is 2. The summed E-state index contributed by atoms with van der Waals surface area (Å²) in [6, 6.07) is 11.4. The number of hydrogen-bond donors (Lipinski definition) is 3. The van der Waals surface area contributed by atoms with Gasteiger partial charge in [0.2, 0.25) is 0 Å². The predicted octanol–water partition coefficient (Wildman–Crippen LogP) is 2.21. The molecule has 0 radical (unpaired) electrons. The highest BCUT2D eigenvalue weighted by atomic mass is 16.4. The van der Waals surface area contributed by atoms with Crippen LogP contribution in [-0.4, -0.2) is 22.2 Å². The van der Waals surface area contributed by atoms with E-state index in [1.54, 1.807) is 30.3 Å². The number of carbonyl (C=O) groups is 2. The fourth-order valence-corrected chi connectivity index (χ4v) is 2.17. The van der Waals surface area contributed by atoms with E-state index < -0.39 is 11.9 Å². The lowest BCUT2D eigenvalue weighted by molar-refractivity contribution is 0.0681. The van der Waals surface area contributed by atoms with Crippen LogP contribution in [0.1, 0.15) is 26.3 Å². The number of rotatable bonds is 4. The van der Waals surface area contributed by atoms with Crippen molar-refractivity contribution in [1.29, 1.82) is 0 Å². The van der Waals surface area contributed by atoms with Gasteiger partial charge in [-0.15, -0.1) is 0 Å². The summed E-state index contributed by atoms with van der Waals surface area (Å²) in [5.41, 5.74) is 7.02. The topological polar surface area (TPSA) is 101 Å². The third kappa shape index (κ3) is 2.39. The number of benzene rings is 2. The van der Waals surface area contributed by atoms with Crippen LogP contribution in [0.25, 0.3) is 11.1 Å². The van der Waals surface area contributed by atoms with Crippen molar-refractivity contribution in [1.82, 2.24) is 0 Å². The number of hydrogen-bond acceptors (Lipinski definition) is 3. The zero-order chi connectivity index (χ0) is 14.7. The second-order valence-corrected chi connectivity index (χ2v) is 4.19. The van der Waals surface area contributed by atoms with Crippen molar-refractivity contribution in [2.24, 2.45) is 5.73 Å². The van der Waals surface area contributed by atoms with E-state index in [2.05, 4.69) is 0 Å². The first-order valence-electron chi connectivity index (χ1n) is 5.94. The molecule has 4 N–H and O–H groups in total. The van der Waals surface area contributed by atoms with Crippen molar-refractivity contribution < 1.29 is 19.8 Å². The van der Waals surface area contributed by atoms with Gasteiger partial charge in [0.15, 0.2) is 0 Å². The van der Waals surface area contributed by atoms with Gasteiger partial charge in [-0.25, -0.2) is 9.59 Å². The summed E-state index contributed by atoms with van der Waals surface area (Å²) in [5.74, 6) is -2.24. The lowest BCUT2D eigenvalue weighted by atomic mass is 9.90. The third-order valence-electron chi connectivity index (χ3n) is 3.04. The molecule has 0 spiro atoms. The van der Waals surface area contributed by atoms with Crippen LogP contribution in [0.5, 0.6) is 0 Å². The molecule has 0 fully saturated rings. The van der Waals surface area contributed by atoms with Gasteiger partial charge in [0.1, 0.15) is 0 Å². The molecule has 20 heavy (non-hydrogen) atoms. The van der Waals surface area contributed by atoms with E-state index in [4.69, 9.17) is 5.73 Å². The maximum absolute atomic E-state index is 11.4. The zero-order valence-electron chi connectivity index (χ0n) is 10.5. The highest BCUT2D eigenvalue weighted by molar-refractivity contribution is 6.01. The fourth-order valence-electron chi connectivity index (χ4n) is 2.17. The van der Waals surface area contributed by atoms with Gasteiger partial charge in [0.25, 0.3) is 0 Å². The van der Waals surface area contributed by atoms with Gasteiger partial charge in [0.05, 0.1) is 11.1 Å². The van der Waals surface area contributed by atoms with Gasteiger partial charge in [0, 0.05) is 12.1 Å². The Kier molecular flexibility index (Phi) is 3.81. The summed E-state index contributed by atoms with van der Waals surface area (Å²) < 4.78 is 0. The largest absolute Gasteiger partial charge is 0.478 e. The molecule has 0 atom stereocenters. The van der Waals surface area contributed by atoms with E-state index in [1.807, 2.05) is 0 Å². The Morgan fingerprint density at radius 3 is 1.95 bits per heavy atom. The number of carboxylic acid groups (broad SMARTS) is 2. The third-order valence-corrected chi connectivity index (χ3v) is 3.04. The van der Waals surface area contributed by atoms with Gasteiger partial charge in [-0.1, -0.05) is 30.3 Å². The lowest BCUT2D eigenvalue weighted by Crippen LogP contribution is -2.12. The van der Waals surface area contributed by atoms with Crippen LogP contribution in [-0.2, 0) is 6.54 Å². The molecule has 0 aliphatic rings. The molecule has 2 aromatic rings. The summed E-state index contributed by atoms with van der Waals surface area (Å²) >= 11 is 0. The van der Waals surface area contributed by atoms with Gasteiger partial charge in [-0.2, -0.15) is 0 Å². The van der Waals surface area contributed by atoms with Crippen molar-refractivity contribution in [3.8, 4) is 11.1 Å². The average Bonchev–Trinajstić information content (AvgIpc) is 2.46. The molecule has 0 amide bonds. The molecule has 0 saturated carbocycles. The van der Waals surface area contributed by atoms with Gasteiger partial charge in [-0.05, 0) is 23.3 Å². The second kappa shape index (κ2) is 5.54. The summed E-state index contributed by atoms with van der Waals surface area (Å²) in [4.78, 5) is 22.6. The van der Waals surface area contributed by atoms with Crippen LogP contribution >= 0.6 is 0 Å². The van der Waals surface area contributed by atoms with Crippen molar-refractivity contribution >= 4 is 11.9 Å². The summed E-state index contributed by atoms with van der Waals surface area (Å²) in [6.45, 7) is -0.0486. The van der Waals surface area contributed by atoms with Crippen molar-refractivity contribution in [3.05, 3.63) is 59.2 Å². The fraction of sp³-hybridized carbons (Fsp3) is 0.0667. The van der Waals surface area contributed by atoms with Crippen LogP contribution in [0, 0.1) is 0 Å². The monoisotopic (exact) mass is 271 g/mol. The SMILES string of the molecule is NCc1c(C(=O)O)ccc(C(=O)O)c1-c1ccccc1. The predicted molar refractivity (Wildman–Crippen MR) is 73.7 cm³/mol. The van der Waals surface area contributed by atoms with Crippen LogP contribution in [0.3, 0.4) is 0 Å². The van der Waals surface area contributed by atoms with Crippen LogP contribution in [0.15, 0.2) is 42.5 Å². The minimum absolute atomic E-state index is 0.0244. The van der Waals surface area contributed by atoms with E-state index in [0.29, 0.717) is 16.7 Å². The normalized spacial score (nSPS) is 10.2. The molecule has 102 valence electrons. The molecular formula is C15H13NO4. The summed E-state index contributed by atoms with van der Waals surface area (Å²) in [5, 5.41) is 18.5. The maximum atomic E-state index is 11.4. The smallest absolute Gasteiger partial charge is 0.336 e. The van der Waals surface area contributed by atoms with E-state index in [1.165, 1.54) is 12.1 Å². The molecule has 0 aliphatic carbocycles. The van der Waals surface area contributed by atoms with Crippen molar-refractivity contribution in [2.45, 2.75) is 6.54 Å². The highest BCUT2D eigenvalue weighted by Gasteiger charge is 2.20. The molecule has 5 nitrogen and oxygen atoms in total. The molecule has 0 unspecified atom stereocenters. The van der Waals surface area contributed by atoms with Crippen LogP contribution in [0.4, 0.5) is 0 Å². The Hall–Kier alpha value is -2.66. The van der Waals surface area contributed by atoms with E-state index >= 15 is 0 Å². The lowest BCUT2D eigenvalue weighted by Gasteiger charge is -2.14. The molecule has 0 aliphatic heterocycles. The quantitative estimate of drug-likeness (QED) is 0.791. The first-order chi connectivity index (χ1) is 9.56. The second-order valence-electron chi connectivity index (χ2n) is 4.19. The highest BCUT2D eigenvalue weighted by Crippen LogP contribution is 2.30. The molecule has 5 heteroatoms. The molecule has 0 saturated heterocycles. The van der Waals surface area contributed by atoms with E-state index in [-0.39, 0.29) is 17.7 Å². The van der Waals surface area contributed by atoms with E-state index in [9.17, 15) is 19.8 Å². The first kappa shape index (κ1) is 13.8. The molecule has 2 aromatic carbocycles. The first-order valence-corrected chi connectivity index (χ1v) is 5.94. The number of nitrogens with two attached hydrogens (primary N) is 1. The zero-order valence-corrected chi connectivity index (χ0v) is 10.5. The Morgan fingerprint density at radius 2 is 1.45 bits per heavy atom. The van der Waals surface area contributed by atoms with Gasteiger partial charge < -0.3 is 15.9 Å². The molecule has 0 heterocycles. The Bertz CT molecular complexity index is 665. The van der Waals surface area contributed by atoms with Gasteiger partial charge in [-0.3, -0.25) is 0 Å². The molecular weight excluding hydrogens is 258 g/mol. The molecule has 2 rings (SSSR count). The summed E-state index contributed by atoms with van der Waals surface area (Å²) in [7, 11) is 0. The minimum atomic E-state index is -1.13.